The Hall–Kier alpha value is -3.14. The van der Waals surface area contributed by atoms with E-state index >= 15 is 0 Å². The Morgan fingerprint density at radius 1 is 1.00 bits per heavy atom. The molecule has 33 heavy (non-hydrogen) atoms. The van der Waals surface area contributed by atoms with Gasteiger partial charge in [-0.05, 0) is 44.2 Å². The van der Waals surface area contributed by atoms with Crippen molar-refractivity contribution >= 4 is 29.6 Å². The van der Waals surface area contributed by atoms with Crippen LogP contribution in [0, 0.1) is 5.92 Å². The smallest absolute Gasteiger partial charge is 0.407 e. The molecular formula is C23H36N4O6. The summed E-state index contributed by atoms with van der Waals surface area (Å²) < 4.78 is 4.93. The molecule has 3 atom stereocenters. The molecule has 0 aliphatic carbocycles. The van der Waals surface area contributed by atoms with E-state index in [1.807, 2.05) is 26.8 Å². The first-order valence-corrected chi connectivity index (χ1v) is 11.2. The predicted molar refractivity (Wildman–Crippen MR) is 125 cm³/mol. The number of carboxylic acid groups (broad SMARTS) is 1. The molecule has 5 N–H and O–H groups in total. The number of carbonyl (C=O) groups is 4. The quantitative estimate of drug-likeness (QED) is 0.283. The van der Waals surface area contributed by atoms with Crippen LogP contribution in [-0.2, 0) is 19.1 Å². The standard InChI is InChI=1S/C23H36N4O6/c1-5-13-33-23(32)24-12-11-18(25-16(4)22(30)31)20(28)27-19(14-15(2)3)21(29)26-17-9-7-6-8-10-17/h6-10,15-16,18-19,25H,5,11-14H2,1-4H3,(H,24,32)(H,26,29)(H,27,28)(H,30,31)/t16-,18+,19+/m1/s1. The summed E-state index contributed by atoms with van der Waals surface area (Å²) in [4.78, 5) is 48.8. The molecule has 0 saturated carbocycles. The molecule has 0 radical (unpaired) electrons. The summed E-state index contributed by atoms with van der Waals surface area (Å²) >= 11 is 0. The lowest BCUT2D eigenvalue weighted by Gasteiger charge is -2.25. The van der Waals surface area contributed by atoms with Crippen LogP contribution >= 0.6 is 0 Å². The van der Waals surface area contributed by atoms with Crippen molar-refractivity contribution in [1.82, 2.24) is 16.0 Å². The third kappa shape index (κ3) is 11.3. The minimum atomic E-state index is -1.12. The number of anilines is 1. The fraction of sp³-hybridized carbons (Fsp3) is 0.565. The van der Waals surface area contributed by atoms with Gasteiger partial charge in [0.25, 0.3) is 0 Å². The van der Waals surface area contributed by atoms with E-state index in [0.717, 1.165) is 0 Å². The molecule has 10 heteroatoms. The van der Waals surface area contributed by atoms with Crippen molar-refractivity contribution in [2.75, 3.05) is 18.5 Å². The van der Waals surface area contributed by atoms with Crippen LogP contribution in [0.25, 0.3) is 0 Å². The van der Waals surface area contributed by atoms with Gasteiger partial charge < -0.3 is 25.8 Å². The average molecular weight is 465 g/mol. The number of ether oxygens (including phenoxy) is 1. The number of hydrogen-bond acceptors (Lipinski definition) is 6. The number of amides is 3. The first kappa shape index (κ1) is 27.9. The summed E-state index contributed by atoms with van der Waals surface area (Å²) in [5, 5.41) is 20.0. The van der Waals surface area contributed by atoms with Gasteiger partial charge in [0.2, 0.25) is 11.8 Å². The first-order chi connectivity index (χ1) is 15.6. The number of rotatable bonds is 14. The Morgan fingerprint density at radius 2 is 1.67 bits per heavy atom. The molecule has 0 aliphatic heterocycles. The third-order valence-corrected chi connectivity index (χ3v) is 4.66. The molecule has 0 aliphatic rings. The highest BCUT2D eigenvalue weighted by atomic mass is 16.5. The van der Waals surface area contributed by atoms with Crippen LogP contribution in [0.1, 0.15) is 47.0 Å². The Kier molecular flexibility index (Phi) is 12.5. The van der Waals surface area contributed by atoms with Gasteiger partial charge in [-0.2, -0.15) is 0 Å². The van der Waals surface area contributed by atoms with Gasteiger partial charge in [0.1, 0.15) is 12.1 Å². The van der Waals surface area contributed by atoms with E-state index in [1.165, 1.54) is 6.92 Å². The molecule has 184 valence electrons. The molecule has 10 nitrogen and oxygen atoms in total. The summed E-state index contributed by atoms with van der Waals surface area (Å²) in [7, 11) is 0. The van der Waals surface area contributed by atoms with Gasteiger partial charge in [-0.3, -0.25) is 19.7 Å². The third-order valence-electron chi connectivity index (χ3n) is 4.66. The largest absolute Gasteiger partial charge is 0.480 e. The molecule has 1 rings (SSSR count). The maximum atomic E-state index is 13.0. The first-order valence-electron chi connectivity index (χ1n) is 11.2. The minimum absolute atomic E-state index is 0.0883. The fourth-order valence-electron chi connectivity index (χ4n) is 2.95. The van der Waals surface area contributed by atoms with Crippen molar-refractivity contribution in [3.8, 4) is 0 Å². The zero-order valence-corrected chi connectivity index (χ0v) is 19.7. The van der Waals surface area contributed by atoms with E-state index in [1.54, 1.807) is 24.3 Å². The van der Waals surface area contributed by atoms with Crippen LogP contribution in [0.4, 0.5) is 10.5 Å². The second kappa shape index (κ2) is 14.8. The highest BCUT2D eigenvalue weighted by Crippen LogP contribution is 2.11. The van der Waals surface area contributed by atoms with E-state index < -0.39 is 36.1 Å². The van der Waals surface area contributed by atoms with Crippen LogP contribution < -0.4 is 21.3 Å². The molecule has 0 spiro atoms. The van der Waals surface area contributed by atoms with Gasteiger partial charge in [-0.15, -0.1) is 0 Å². The molecular weight excluding hydrogens is 428 g/mol. The maximum Gasteiger partial charge on any atom is 0.407 e. The van der Waals surface area contributed by atoms with Crippen LogP contribution in [0.3, 0.4) is 0 Å². The van der Waals surface area contributed by atoms with Crippen molar-refractivity contribution in [3.05, 3.63) is 30.3 Å². The molecule has 3 amide bonds. The minimum Gasteiger partial charge on any atom is -0.480 e. The normalized spacial score (nSPS) is 13.5. The van der Waals surface area contributed by atoms with Gasteiger partial charge in [0.05, 0.1) is 12.6 Å². The van der Waals surface area contributed by atoms with Crippen molar-refractivity contribution in [2.24, 2.45) is 5.92 Å². The summed E-state index contributed by atoms with van der Waals surface area (Å²) in [5.74, 6) is -1.89. The summed E-state index contributed by atoms with van der Waals surface area (Å²) in [6.07, 6.45) is 0.576. The van der Waals surface area contributed by atoms with Gasteiger partial charge in [0.15, 0.2) is 0 Å². The summed E-state index contributed by atoms with van der Waals surface area (Å²) in [6, 6.07) is 6.13. The van der Waals surface area contributed by atoms with Crippen LogP contribution in [0.15, 0.2) is 30.3 Å². The highest BCUT2D eigenvalue weighted by Gasteiger charge is 2.28. The van der Waals surface area contributed by atoms with Gasteiger partial charge in [0, 0.05) is 12.2 Å². The van der Waals surface area contributed by atoms with E-state index in [0.29, 0.717) is 18.5 Å². The molecule has 0 heterocycles. The predicted octanol–water partition coefficient (Wildman–Crippen LogP) is 2.11. The van der Waals surface area contributed by atoms with Crippen molar-refractivity contribution in [2.45, 2.75) is 65.1 Å². The second-order valence-corrected chi connectivity index (χ2v) is 8.18. The van der Waals surface area contributed by atoms with E-state index in [-0.39, 0.29) is 31.4 Å². The van der Waals surface area contributed by atoms with Crippen LogP contribution in [-0.4, -0.2) is 60.3 Å². The Labute approximate surface area is 194 Å². The Morgan fingerprint density at radius 3 is 2.24 bits per heavy atom. The van der Waals surface area contributed by atoms with Gasteiger partial charge >= 0.3 is 12.1 Å². The monoisotopic (exact) mass is 464 g/mol. The number of aliphatic carboxylic acids is 1. The fourth-order valence-corrected chi connectivity index (χ4v) is 2.95. The zero-order valence-electron chi connectivity index (χ0n) is 19.7. The zero-order chi connectivity index (χ0) is 24.8. The van der Waals surface area contributed by atoms with Crippen molar-refractivity contribution < 1.29 is 29.0 Å². The van der Waals surface area contributed by atoms with Crippen molar-refractivity contribution in [1.29, 1.82) is 0 Å². The number of para-hydroxylation sites is 1. The van der Waals surface area contributed by atoms with Crippen LogP contribution in [0.2, 0.25) is 0 Å². The number of carboxylic acids is 1. The molecule has 0 fully saturated rings. The molecule has 0 bridgehead atoms. The number of benzene rings is 1. The molecule has 1 aromatic rings. The number of nitrogens with one attached hydrogen (secondary N) is 4. The van der Waals surface area contributed by atoms with E-state index in [9.17, 15) is 24.3 Å². The van der Waals surface area contributed by atoms with Gasteiger partial charge in [-0.25, -0.2) is 4.79 Å². The number of hydrogen-bond donors (Lipinski definition) is 5. The number of carbonyl (C=O) groups excluding carboxylic acids is 3. The van der Waals surface area contributed by atoms with E-state index in [4.69, 9.17) is 4.74 Å². The topological polar surface area (TPSA) is 146 Å². The van der Waals surface area contributed by atoms with Gasteiger partial charge in [-0.1, -0.05) is 39.0 Å². The van der Waals surface area contributed by atoms with Crippen molar-refractivity contribution in [3.63, 3.8) is 0 Å². The van der Waals surface area contributed by atoms with Crippen LogP contribution in [0.5, 0.6) is 0 Å². The lowest BCUT2D eigenvalue weighted by Crippen LogP contribution is -2.55. The summed E-state index contributed by atoms with van der Waals surface area (Å²) in [6.45, 7) is 7.51. The Bertz CT molecular complexity index is 771. The SMILES string of the molecule is CCCOC(=O)NCC[C@H](N[C@H](C)C(=O)O)C(=O)N[C@@H](CC(C)C)C(=O)Nc1ccccc1. The lowest BCUT2D eigenvalue weighted by molar-refractivity contribution is -0.139. The maximum absolute atomic E-state index is 13.0. The van der Waals surface area contributed by atoms with E-state index in [2.05, 4.69) is 21.3 Å². The highest BCUT2D eigenvalue weighted by molar-refractivity contribution is 5.98. The molecule has 0 unspecified atom stereocenters. The Balaban J connectivity index is 2.85. The second-order valence-electron chi connectivity index (χ2n) is 8.18. The summed E-state index contributed by atoms with van der Waals surface area (Å²) in [5.41, 5.74) is 0.606. The lowest BCUT2D eigenvalue weighted by atomic mass is 10.0. The average Bonchev–Trinajstić information content (AvgIpc) is 2.76. The number of alkyl carbamates (subject to hydrolysis) is 1. The molecule has 0 aromatic heterocycles. The molecule has 0 saturated heterocycles. The molecule has 1 aromatic carbocycles.